The average molecular weight is 312 g/mol. The van der Waals surface area contributed by atoms with Gasteiger partial charge in [-0.25, -0.2) is 4.98 Å². The second-order valence-electron chi connectivity index (χ2n) is 4.87. The van der Waals surface area contributed by atoms with Crippen LogP contribution in [0.25, 0.3) is 10.9 Å². The Labute approximate surface area is 127 Å². The van der Waals surface area contributed by atoms with Crippen LogP contribution in [0.1, 0.15) is 6.42 Å². The summed E-state index contributed by atoms with van der Waals surface area (Å²) in [7, 11) is 4.05. The molecule has 2 rings (SSSR count). The zero-order chi connectivity index (χ0) is 14.7. The first-order valence-corrected chi connectivity index (χ1v) is 8.02. The van der Waals surface area contributed by atoms with Crippen molar-refractivity contribution in [1.82, 2.24) is 14.5 Å². The minimum Gasteiger partial charge on any atom is -0.309 e. The number of rotatable bonds is 5. The number of thioether (sulfide) groups is 1. The molecule has 20 heavy (non-hydrogen) atoms. The highest BCUT2D eigenvalue weighted by Crippen LogP contribution is 2.18. The molecular weight excluding hydrogens is 294 g/mol. The normalized spacial score (nSPS) is 11.4. The summed E-state index contributed by atoms with van der Waals surface area (Å²) in [6, 6.07) is 5.25. The van der Waals surface area contributed by atoms with Gasteiger partial charge in [0.25, 0.3) is 5.56 Å². The van der Waals surface area contributed by atoms with Crippen LogP contribution in [-0.2, 0) is 6.54 Å². The molecule has 0 radical (unpaired) electrons. The highest BCUT2D eigenvalue weighted by atomic mass is 35.5. The highest BCUT2D eigenvalue weighted by Gasteiger charge is 2.10. The zero-order valence-corrected chi connectivity index (χ0v) is 13.5. The lowest BCUT2D eigenvalue weighted by Gasteiger charge is -2.14. The van der Waals surface area contributed by atoms with Crippen molar-refractivity contribution in [2.75, 3.05) is 26.9 Å². The Morgan fingerprint density at radius 1 is 1.40 bits per heavy atom. The SMILES string of the molecule is CSc1nc2ccc(Cl)cc2c(=O)n1CCCN(C)C. The molecular formula is C14H18ClN3OS. The Bertz CT molecular complexity index is 669. The molecule has 0 saturated carbocycles. The van der Waals surface area contributed by atoms with Gasteiger partial charge in [-0.05, 0) is 51.5 Å². The molecule has 4 nitrogen and oxygen atoms in total. The fourth-order valence-electron chi connectivity index (χ4n) is 2.07. The molecule has 0 N–H and O–H groups in total. The first-order chi connectivity index (χ1) is 9.52. The molecule has 0 unspecified atom stereocenters. The van der Waals surface area contributed by atoms with Crippen LogP contribution in [-0.4, -0.2) is 41.3 Å². The fourth-order valence-corrected chi connectivity index (χ4v) is 2.83. The van der Waals surface area contributed by atoms with Gasteiger partial charge in [0.05, 0.1) is 10.9 Å². The summed E-state index contributed by atoms with van der Waals surface area (Å²) >= 11 is 7.47. The second kappa shape index (κ2) is 6.61. The minimum absolute atomic E-state index is 0.0133. The van der Waals surface area contributed by atoms with Crippen molar-refractivity contribution in [1.29, 1.82) is 0 Å². The van der Waals surface area contributed by atoms with Gasteiger partial charge in [-0.3, -0.25) is 9.36 Å². The van der Waals surface area contributed by atoms with E-state index >= 15 is 0 Å². The van der Waals surface area contributed by atoms with Gasteiger partial charge in [-0.1, -0.05) is 23.4 Å². The van der Waals surface area contributed by atoms with Crippen LogP contribution in [0.2, 0.25) is 5.02 Å². The number of halogens is 1. The first-order valence-electron chi connectivity index (χ1n) is 6.41. The van der Waals surface area contributed by atoms with Crippen molar-refractivity contribution >= 4 is 34.3 Å². The monoisotopic (exact) mass is 311 g/mol. The van der Waals surface area contributed by atoms with E-state index in [1.165, 1.54) is 11.8 Å². The van der Waals surface area contributed by atoms with Gasteiger partial charge in [0, 0.05) is 11.6 Å². The van der Waals surface area contributed by atoms with Crippen LogP contribution in [0.15, 0.2) is 28.2 Å². The van der Waals surface area contributed by atoms with E-state index in [0.29, 0.717) is 22.5 Å². The summed E-state index contributed by atoms with van der Waals surface area (Å²) in [5.41, 5.74) is 0.688. The molecule has 1 aromatic heterocycles. The van der Waals surface area contributed by atoms with Gasteiger partial charge in [-0.15, -0.1) is 0 Å². The van der Waals surface area contributed by atoms with Crippen LogP contribution < -0.4 is 5.56 Å². The number of aromatic nitrogens is 2. The van der Waals surface area contributed by atoms with Crippen molar-refractivity contribution in [3.8, 4) is 0 Å². The third-order valence-corrected chi connectivity index (χ3v) is 3.96. The van der Waals surface area contributed by atoms with E-state index in [9.17, 15) is 4.79 Å². The predicted octanol–water partition coefficient (Wildman–Crippen LogP) is 2.72. The van der Waals surface area contributed by atoms with Crippen molar-refractivity contribution in [2.24, 2.45) is 0 Å². The lowest BCUT2D eigenvalue weighted by atomic mass is 10.2. The fraction of sp³-hybridized carbons (Fsp3) is 0.429. The van der Waals surface area contributed by atoms with Crippen molar-refractivity contribution in [3.05, 3.63) is 33.6 Å². The Morgan fingerprint density at radius 2 is 2.15 bits per heavy atom. The Kier molecular flexibility index (Phi) is 5.07. The van der Waals surface area contributed by atoms with E-state index in [2.05, 4.69) is 9.88 Å². The topological polar surface area (TPSA) is 38.1 Å². The van der Waals surface area contributed by atoms with Gasteiger partial charge < -0.3 is 4.90 Å². The lowest BCUT2D eigenvalue weighted by Crippen LogP contribution is -2.25. The molecule has 0 amide bonds. The van der Waals surface area contributed by atoms with Crippen LogP contribution in [0, 0.1) is 0 Å². The van der Waals surface area contributed by atoms with E-state index in [4.69, 9.17) is 11.6 Å². The second-order valence-corrected chi connectivity index (χ2v) is 6.08. The Morgan fingerprint density at radius 3 is 2.80 bits per heavy atom. The number of fused-ring (bicyclic) bond motifs is 1. The molecule has 0 aliphatic carbocycles. The number of hydrogen-bond donors (Lipinski definition) is 0. The third-order valence-electron chi connectivity index (χ3n) is 3.05. The summed E-state index contributed by atoms with van der Waals surface area (Å²) in [5, 5.41) is 1.90. The molecule has 0 aliphatic heterocycles. The van der Waals surface area contributed by atoms with Crippen molar-refractivity contribution < 1.29 is 0 Å². The number of nitrogens with zero attached hydrogens (tertiary/aromatic N) is 3. The number of hydrogen-bond acceptors (Lipinski definition) is 4. The average Bonchev–Trinajstić information content (AvgIpc) is 2.41. The maximum Gasteiger partial charge on any atom is 0.262 e. The van der Waals surface area contributed by atoms with Crippen LogP contribution in [0.3, 0.4) is 0 Å². The first kappa shape index (κ1) is 15.4. The summed E-state index contributed by atoms with van der Waals surface area (Å²) in [5.74, 6) is 0. The zero-order valence-electron chi connectivity index (χ0n) is 11.9. The van der Waals surface area contributed by atoms with Crippen LogP contribution >= 0.6 is 23.4 Å². The van der Waals surface area contributed by atoms with Crippen molar-refractivity contribution in [3.63, 3.8) is 0 Å². The Hall–Kier alpha value is -1.04. The van der Waals surface area contributed by atoms with E-state index in [1.54, 1.807) is 22.8 Å². The molecule has 108 valence electrons. The highest BCUT2D eigenvalue weighted by molar-refractivity contribution is 7.98. The molecule has 0 atom stereocenters. The molecule has 2 aromatic rings. The van der Waals surface area contributed by atoms with Crippen LogP contribution in [0.4, 0.5) is 0 Å². The summed E-state index contributed by atoms with van der Waals surface area (Å²) < 4.78 is 1.74. The molecule has 6 heteroatoms. The van der Waals surface area contributed by atoms with Gasteiger partial charge in [0.2, 0.25) is 0 Å². The minimum atomic E-state index is -0.0133. The van der Waals surface area contributed by atoms with Gasteiger partial charge >= 0.3 is 0 Å². The molecule has 0 spiro atoms. The maximum absolute atomic E-state index is 12.6. The molecule has 0 saturated heterocycles. The van der Waals surface area contributed by atoms with E-state index < -0.39 is 0 Å². The lowest BCUT2D eigenvalue weighted by molar-refractivity contribution is 0.379. The molecule has 1 heterocycles. The van der Waals surface area contributed by atoms with E-state index in [1.807, 2.05) is 20.4 Å². The van der Waals surface area contributed by atoms with Gasteiger partial charge in [-0.2, -0.15) is 0 Å². The molecule has 0 fully saturated rings. The predicted molar refractivity (Wildman–Crippen MR) is 86.0 cm³/mol. The van der Waals surface area contributed by atoms with Gasteiger partial charge in [0.1, 0.15) is 0 Å². The Balaban J connectivity index is 2.45. The maximum atomic E-state index is 12.6. The molecule has 1 aromatic carbocycles. The van der Waals surface area contributed by atoms with E-state index in [-0.39, 0.29) is 5.56 Å². The largest absolute Gasteiger partial charge is 0.309 e. The molecule has 0 aliphatic rings. The summed E-state index contributed by atoms with van der Waals surface area (Å²) in [6.45, 7) is 1.61. The number of benzene rings is 1. The van der Waals surface area contributed by atoms with Gasteiger partial charge in [0.15, 0.2) is 5.16 Å². The standard InChI is InChI=1S/C14H18ClN3OS/c1-17(2)7-4-8-18-13(19)11-9-10(15)5-6-12(11)16-14(18)20-3/h5-6,9H,4,7-8H2,1-3H3. The smallest absolute Gasteiger partial charge is 0.262 e. The summed E-state index contributed by atoms with van der Waals surface area (Å²) in [4.78, 5) is 19.2. The quantitative estimate of drug-likeness (QED) is 0.628. The van der Waals surface area contributed by atoms with Crippen LogP contribution in [0.5, 0.6) is 0 Å². The third kappa shape index (κ3) is 3.34. The van der Waals surface area contributed by atoms with Crippen molar-refractivity contribution in [2.45, 2.75) is 18.1 Å². The summed E-state index contributed by atoms with van der Waals surface area (Å²) in [6.07, 6.45) is 2.85. The molecule has 0 bridgehead atoms. The van der Waals surface area contributed by atoms with E-state index in [0.717, 1.165) is 18.1 Å².